The number of hydrogen-bond donors (Lipinski definition) is 0. The SMILES string of the molecule is Cc1cccc2nc(SCc3ccccc3)nn12. The summed E-state index contributed by atoms with van der Waals surface area (Å²) in [5.74, 6) is 0.900. The Morgan fingerprint density at radius 1 is 1.06 bits per heavy atom. The summed E-state index contributed by atoms with van der Waals surface area (Å²) in [6.07, 6.45) is 0. The van der Waals surface area contributed by atoms with Gasteiger partial charge in [0.15, 0.2) is 5.65 Å². The fraction of sp³-hybridized carbons (Fsp3) is 0.143. The van der Waals surface area contributed by atoms with E-state index in [0.717, 1.165) is 22.3 Å². The van der Waals surface area contributed by atoms with Gasteiger partial charge in [0, 0.05) is 11.4 Å². The van der Waals surface area contributed by atoms with E-state index in [9.17, 15) is 0 Å². The van der Waals surface area contributed by atoms with Crippen LogP contribution in [0, 0.1) is 6.92 Å². The first-order valence-electron chi connectivity index (χ1n) is 5.82. The summed E-state index contributed by atoms with van der Waals surface area (Å²) in [6, 6.07) is 16.4. The minimum atomic E-state index is 0.827. The lowest BCUT2D eigenvalue weighted by Crippen LogP contribution is -1.91. The van der Waals surface area contributed by atoms with Crippen LogP contribution in [0.3, 0.4) is 0 Å². The van der Waals surface area contributed by atoms with Crippen LogP contribution >= 0.6 is 11.8 Å². The van der Waals surface area contributed by atoms with Crippen LogP contribution in [-0.4, -0.2) is 14.6 Å². The molecule has 0 saturated carbocycles. The van der Waals surface area contributed by atoms with Crippen LogP contribution in [0.25, 0.3) is 5.65 Å². The molecular formula is C14H13N3S. The van der Waals surface area contributed by atoms with E-state index in [0.29, 0.717) is 0 Å². The Bertz CT molecular complexity index is 661. The summed E-state index contributed by atoms with van der Waals surface area (Å²) in [5.41, 5.74) is 3.30. The van der Waals surface area contributed by atoms with Gasteiger partial charge in [-0.3, -0.25) is 0 Å². The molecule has 0 N–H and O–H groups in total. The Hall–Kier alpha value is -1.81. The van der Waals surface area contributed by atoms with Crippen LogP contribution in [0.5, 0.6) is 0 Å². The van der Waals surface area contributed by atoms with Crippen LogP contribution in [0.4, 0.5) is 0 Å². The monoisotopic (exact) mass is 255 g/mol. The van der Waals surface area contributed by atoms with Gasteiger partial charge >= 0.3 is 0 Å². The summed E-state index contributed by atoms with van der Waals surface area (Å²) in [4.78, 5) is 4.50. The van der Waals surface area contributed by atoms with Crippen molar-refractivity contribution in [2.45, 2.75) is 17.8 Å². The van der Waals surface area contributed by atoms with Gasteiger partial charge in [-0.25, -0.2) is 9.50 Å². The Kier molecular flexibility index (Phi) is 3.02. The van der Waals surface area contributed by atoms with Crippen LogP contribution in [-0.2, 0) is 5.75 Å². The molecular weight excluding hydrogens is 242 g/mol. The highest BCUT2D eigenvalue weighted by Gasteiger charge is 2.05. The van der Waals surface area contributed by atoms with E-state index in [1.807, 2.05) is 35.7 Å². The van der Waals surface area contributed by atoms with Gasteiger partial charge in [-0.1, -0.05) is 48.2 Å². The molecule has 0 aliphatic carbocycles. The van der Waals surface area contributed by atoms with Gasteiger partial charge in [0.1, 0.15) is 0 Å². The third-order valence-corrected chi connectivity index (χ3v) is 3.65. The average Bonchev–Trinajstić information content (AvgIpc) is 2.82. The molecule has 0 aliphatic heterocycles. The van der Waals surface area contributed by atoms with Crippen molar-refractivity contribution in [3.8, 4) is 0 Å². The molecule has 2 heterocycles. The average molecular weight is 255 g/mol. The Morgan fingerprint density at radius 3 is 2.67 bits per heavy atom. The van der Waals surface area contributed by atoms with E-state index in [1.54, 1.807) is 11.8 Å². The third-order valence-electron chi connectivity index (χ3n) is 2.74. The van der Waals surface area contributed by atoms with Gasteiger partial charge in [0.05, 0.1) is 0 Å². The number of nitrogens with zero attached hydrogens (tertiary/aromatic N) is 3. The van der Waals surface area contributed by atoms with Gasteiger partial charge in [-0.15, -0.1) is 5.10 Å². The zero-order valence-corrected chi connectivity index (χ0v) is 10.9. The van der Waals surface area contributed by atoms with E-state index in [-0.39, 0.29) is 0 Å². The highest BCUT2D eigenvalue weighted by atomic mass is 32.2. The smallest absolute Gasteiger partial charge is 0.209 e. The van der Waals surface area contributed by atoms with Crippen molar-refractivity contribution >= 4 is 17.4 Å². The van der Waals surface area contributed by atoms with E-state index < -0.39 is 0 Å². The lowest BCUT2D eigenvalue weighted by Gasteiger charge is -1.96. The molecule has 0 amide bonds. The number of rotatable bonds is 3. The van der Waals surface area contributed by atoms with Crippen molar-refractivity contribution in [1.82, 2.24) is 14.6 Å². The van der Waals surface area contributed by atoms with E-state index in [1.165, 1.54) is 5.56 Å². The molecule has 3 rings (SSSR count). The molecule has 0 radical (unpaired) electrons. The van der Waals surface area contributed by atoms with Gasteiger partial charge in [0.2, 0.25) is 5.16 Å². The van der Waals surface area contributed by atoms with E-state index in [2.05, 4.69) is 34.3 Å². The first kappa shape index (κ1) is 11.3. The Morgan fingerprint density at radius 2 is 1.89 bits per heavy atom. The maximum atomic E-state index is 4.50. The molecule has 0 spiro atoms. The second kappa shape index (κ2) is 4.82. The summed E-state index contributed by atoms with van der Waals surface area (Å²) >= 11 is 1.66. The second-order valence-corrected chi connectivity index (χ2v) is 5.05. The molecule has 4 heteroatoms. The summed E-state index contributed by atoms with van der Waals surface area (Å²) in [6.45, 7) is 2.04. The molecule has 3 nitrogen and oxygen atoms in total. The molecule has 0 atom stereocenters. The fourth-order valence-electron chi connectivity index (χ4n) is 1.80. The molecule has 90 valence electrons. The normalized spacial score (nSPS) is 10.9. The molecule has 0 unspecified atom stereocenters. The van der Waals surface area contributed by atoms with Crippen LogP contribution in [0.15, 0.2) is 53.7 Å². The maximum absolute atomic E-state index is 4.50. The van der Waals surface area contributed by atoms with Crippen molar-refractivity contribution in [3.05, 3.63) is 59.8 Å². The second-order valence-electron chi connectivity index (χ2n) is 4.11. The van der Waals surface area contributed by atoms with Gasteiger partial charge in [-0.05, 0) is 24.6 Å². The van der Waals surface area contributed by atoms with E-state index in [4.69, 9.17) is 0 Å². The number of benzene rings is 1. The molecule has 2 aromatic heterocycles. The standard InChI is InChI=1S/C14H13N3S/c1-11-6-5-9-13-15-14(16-17(11)13)18-10-12-7-3-2-4-8-12/h2-9H,10H2,1H3. The van der Waals surface area contributed by atoms with Gasteiger partial charge < -0.3 is 0 Å². The highest BCUT2D eigenvalue weighted by molar-refractivity contribution is 7.98. The van der Waals surface area contributed by atoms with Crippen molar-refractivity contribution in [2.24, 2.45) is 0 Å². The van der Waals surface area contributed by atoms with Crippen LogP contribution in [0.2, 0.25) is 0 Å². The Balaban J connectivity index is 1.81. The number of aryl methyl sites for hydroxylation is 1. The molecule has 3 aromatic rings. The van der Waals surface area contributed by atoms with Crippen LogP contribution < -0.4 is 0 Å². The third kappa shape index (κ3) is 2.24. The number of pyridine rings is 1. The van der Waals surface area contributed by atoms with Gasteiger partial charge in [0.25, 0.3) is 0 Å². The number of aromatic nitrogens is 3. The summed E-state index contributed by atoms with van der Waals surface area (Å²) < 4.78 is 1.88. The maximum Gasteiger partial charge on any atom is 0.209 e. The van der Waals surface area contributed by atoms with Crippen molar-refractivity contribution in [2.75, 3.05) is 0 Å². The zero-order valence-electron chi connectivity index (χ0n) is 10.1. The molecule has 1 aromatic carbocycles. The molecule has 0 aliphatic rings. The minimum absolute atomic E-state index is 0.827. The molecule has 0 fully saturated rings. The van der Waals surface area contributed by atoms with Crippen molar-refractivity contribution in [1.29, 1.82) is 0 Å². The lowest BCUT2D eigenvalue weighted by molar-refractivity contribution is 0.857. The molecule has 0 bridgehead atoms. The fourth-order valence-corrected chi connectivity index (χ4v) is 2.58. The quantitative estimate of drug-likeness (QED) is 0.672. The lowest BCUT2D eigenvalue weighted by atomic mass is 10.2. The predicted molar refractivity (Wildman–Crippen MR) is 73.7 cm³/mol. The zero-order chi connectivity index (χ0) is 12.4. The predicted octanol–water partition coefficient (Wildman–Crippen LogP) is 3.33. The van der Waals surface area contributed by atoms with Crippen molar-refractivity contribution < 1.29 is 0 Å². The van der Waals surface area contributed by atoms with Gasteiger partial charge in [-0.2, -0.15) is 0 Å². The topological polar surface area (TPSA) is 30.2 Å². The minimum Gasteiger partial charge on any atom is -0.217 e. The molecule has 0 saturated heterocycles. The number of fused-ring (bicyclic) bond motifs is 1. The summed E-state index contributed by atoms with van der Waals surface area (Å²) in [5, 5.41) is 5.32. The first-order chi connectivity index (χ1) is 8.83. The first-order valence-corrected chi connectivity index (χ1v) is 6.80. The highest BCUT2D eigenvalue weighted by Crippen LogP contribution is 2.20. The van der Waals surface area contributed by atoms with E-state index >= 15 is 0 Å². The van der Waals surface area contributed by atoms with Crippen LogP contribution in [0.1, 0.15) is 11.3 Å². The van der Waals surface area contributed by atoms with Crippen molar-refractivity contribution in [3.63, 3.8) is 0 Å². The number of hydrogen-bond acceptors (Lipinski definition) is 3. The summed E-state index contributed by atoms with van der Waals surface area (Å²) in [7, 11) is 0. The largest absolute Gasteiger partial charge is 0.217 e. The number of thioether (sulfide) groups is 1. The molecule has 18 heavy (non-hydrogen) atoms. The Labute approximate surface area is 110 Å².